The topological polar surface area (TPSA) is 59.6 Å². The summed E-state index contributed by atoms with van der Waals surface area (Å²) in [7, 11) is 3.20. The molecule has 2 N–H and O–H groups in total. The molecule has 1 aliphatic heterocycles. The number of hydrogen-bond donors (Lipinski definition) is 2. The molecule has 23 heavy (non-hydrogen) atoms. The lowest BCUT2D eigenvalue weighted by Gasteiger charge is -2.39. The molecule has 1 atom stereocenters. The van der Waals surface area contributed by atoms with Crippen molar-refractivity contribution in [3.63, 3.8) is 0 Å². The van der Waals surface area contributed by atoms with E-state index in [0.717, 1.165) is 12.1 Å². The fourth-order valence-corrected chi connectivity index (χ4v) is 3.07. The molecule has 0 saturated carbocycles. The zero-order valence-corrected chi connectivity index (χ0v) is 14.6. The van der Waals surface area contributed by atoms with Crippen LogP contribution in [0.2, 0.25) is 0 Å². The van der Waals surface area contributed by atoms with Crippen LogP contribution in [0.25, 0.3) is 0 Å². The van der Waals surface area contributed by atoms with Gasteiger partial charge in [-0.15, -0.1) is 0 Å². The summed E-state index contributed by atoms with van der Waals surface area (Å²) in [6, 6.07) is 5.89. The summed E-state index contributed by atoms with van der Waals surface area (Å²) < 4.78 is 10.5. The van der Waals surface area contributed by atoms with Crippen LogP contribution in [0.15, 0.2) is 18.2 Å². The lowest BCUT2D eigenvalue weighted by molar-refractivity contribution is -0.120. The van der Waals surface area contributed by atoms with Gasteiger partial charge in [0.25, 0.3) is 0 Å². The molecule has 0 bridgehead atoms. The molecule has 1 aromatic rings. The summed E-state index contributed by atoms with van der Waals surface area (Å²) in [5.41, 5.74) is 1.13. The van der Waals surface area contributed by atoms with Crippen molar-refractivity contribution in [1.29, 1.82) is 0 Å². The molecule has 0 aromatic heterocycles. The number of rotatable bonds is 6. The Morgan fingerprint density at radius 1 is 1.30 bits per heavy atom. The summed E-state index contributed by atoms with van der Waals surface area (Å²) in [4.78, 5) is 12.2. The van der Waals surface area contributed by atoms with E-state index in [1.807, 2.05) is 18.2 Å². The number of carbonyl (C=O) groups is 1. The third-order valence-corrected chi connectivity index (χ3v) is 4.65. The highest BCUT2D eigenvalue weighted by atomic mass is 16.5. The smallest absolute Gasteiger partial charge is 0.224 e. The molecule has 1 unspecified atom stereocenters. The van der Waals surface area contributed by atoms with E-state index in [1.54, 1.807) is 14.2 Å². The summed E-state index contributed by atoms with van der Waals surface area (Å²) >= 11 is 0. The highest BCUT2D eigenvalue weighted by molar-refractivity contribution is 5.78. The highest BCUT2D eigenvalue weighted by Gasteiger charge is 2.31. The van der Waals surface area contributed by atoms with Crippen LogP contribution >= 0.6 is 0 Å². The van der Waals surface area contributed by atoms with Crippen LogP contribution < -0.4 is 20.1 Å². The first-order valence-corrected chi connectivity index (χ1v) is 8.17. The monoisotopic (exact) mass is 320 g/mol. The quantitative estimate of drug-likeness (QED) is 0.843. The van der Waals surface area contributed by atoms with Gasteiger partial charge < -0.3 is 20.1 Å². The fraction of sp³-hybridized carbons (Fsp3) is 0.611. The van der Waals surface area contributed by atoms with Gasteiger partial charge in [-0.2, -0.15) is 0 Å². The van der Waals surface area contributed by atoms with Crippen molar-refractivity contribution in [2.24, 2.45) is 5.41 Å². The van der Waals surface area contributed by atoms with E-state index < -0.39 is 0 Å². The maximum absolute atomic E-state index is 12.2. The number of nitrogens with one attached hydrogen (secondary N) is 2. The minimum atomic E-state index is 0.0281. The van der Waals surface area contributed by atoms with Gasteiger partial charge in [0, 0.05) is 12.6 Å². The number of amides is 1. The Hall–Kier alpha value is -1.75. The highest BCUT2D eigenvalue weighted by Crippen LogP contribution is 2.30. The fourth-order valence-electron chi connectivity index (χ4n) is 3.07. The summed E-state index contributed by atoms with van der Waals surface area (Å²) in [5.74, 6) is 1.35. The average Bonchev–Trinajstić information content (AvgIpc) is 2.53. The van der Waals surface area contributed by atoms with Crippen molar-refractivity contribution in [3.05, 3.63) is 23.8 Å². The van der Waals surface area contributed by atoms with Crippen molar-refractivity contribution in [1.82, 2.24) is 10.6 Å². The first-order chi connectivity index (χ1) is 11.0. The van der Waals surface area contributed by atoms with E-state index in [4.69, 9.17) is 9.47 Å². The second-order valence-corrected chi connectivity index (χ2v) is 6.77. The van der Waals surface area contributed by atoms with Crippen LogP contribution in [0.1, 0.15) is 32.3 Å². The van der Waals surface area contributed by atoms with Crippen molar-refractivity contribution in [2.45, 2.75) is 39.2 Å². The zero-order chi connectivity index (χ0) is 16.9. The Balaban J connectivity index is 1.89. The van der Waals surface area contributed by atoms with Gasteiger partial charge in [-0.1, -0.05) is 19.9 Å². The molecule has 1 heterocycles. The molecule has 1 aliphatic rings. The third-order valence-electron chi connectivity index (χ3n) is 4.65. The number of piperidine rings is 1. The molecule has 5 nitrogen and oxygen atoms in total. The number of methoxy groups -OCH3 is 2. The molecule has 5 heteroatoms. The van der Waals surface area contributed by atoms with Crippen LogP contribution in [-0.2, 0) is 11.2 Å². The van der Waals surface area contributed by atoms with Crippen molar-refractivity contribution >= 4 is 5.91 Å². The second kappa shape index (κ2) is 7.68. The summed E-state index contributed by atoms with van der Waals surface area (Å²) in [5, 5.41) is 6.56. The minimum Gasteiger partial charge on any atom is -0.493 e. The van der Waals surface area contributed by atoms with Crippen molar-refractivity contribution in [3.8, 4) is 11.5 Å². The van der Waals surface area contributed by atoms with E-state index >= 15 is 0 Å². The third kappa shape index (κ3) is 4.61. The van der Waals surface area contributed by atoms with Gasteiger partial charge in [0.05, 0.1) is 20.6 Å². The largest absolute Gasteiger partial charge is 0.493 e. The molecule has 1 amide bonds. The first-order valence-electron chi connectivity index (χ1n) is 8.17. The van der Waals surface area contributed by atoms with Crippen LogP contribution in [-0.4, -0.2) is 39.3 Å². The molecule has 1 fully saturated rings. The predicted molar refractivity (Wildman–Crippen MR) is 91.1 cm³/mol. The van der Waals surface area contributed by atoms with E-state index in [9.17, 15) is 4.79 Å². The molecule has 1 aromatic carbocycles. The molecule has 0 spiro atoms. The Morgan fingerprint density at radius 3 is 2.70 bits per heavy atom. The van der Waals surface area contributed by atoms with Gasteiger partial charge >= 0.3 is 0 Å². The molecule has 0 radical (unpaired) electrons. The van der Waals surface area contributed by atoms with Crippen molar-refractivity contribution in [2.75, 3.05) is 27.3 Å². The molecular weight excluding hydrogens is 292 g/mol. The number of ether oxygens (including phenoxy) is 2. The van der Waals surface area contributed by atoms with Gasteiger partial charge in [-0.25, -0.2) is 0 Å². The van der Waals surface area contributed by atoms with E-state index in [2.05, 4.69) is 24.5 Å². The Morgan fingerprint density at radius 2 is 2.04 bits per heavy atom. The minimum absolute atomic E-state index is 0.0281. The number of carbonyl (C=O) groups excluding carboxylic acids is 1. The predicted octanol–water partition coefficient (Wildman–Crippen LogP) is 2.14. The normalized spacial score (nSPS) is 19.9. The van der Waals surface area contributed by atoms with E-state index in [1.165, 1.54) is 12.8 Å². The van der Waals surface area contributed by atoms with Crippen LogP contribution in [0.5, 0.6) is 11.5 Å². The first kappa shape index (κ1) is 17.6. The Bertz CT molecular complexity index is 543. The maximum Gasteiger partial charge on any atom is 0.224 e. The number of hydrogen-bond acceptors (Lipinski definition) is 4. The van der Waals surface area contributed by atoms with Gasteiger partial charge in [-0.3, -0.25) is 4.79 Å². The maximum atomic E-state index is 12.2. The zero-order valence-electron chi connectivity index (χ0n) is 14.6. The SMILES string of the molecule is COc1ccc(CC(=O)NCC2NCCCC2(C)C)cc1OC. The van der Waals surface area contributed by atoms with Crippen LogP contribution in [0.4, 0.5) is 0 Å². The van der Waals surface area contributed by atoms with Gasteiger partial charge in [0.1, 0.15) is 0 Å². The lowest BCUT2D eigenvalue weighted by Crippen LogP contribution is -2.52. The van der Waals surface area contributed by atoms with Crippen molar-refractivity contribution < 1.29 is 14.3 Å². The van der Waals surface area contributed by atoms with Gasteiger partial charge in [0.15, 0.2) is 11.5 Å². The summed E-state index contributed by atoms with van der Waals surface area (Å²) in [6.07, 6.45) is 2.73. The van der Waals surface area contributed by atoms with E-state index in [0.29, 0.717) is 30.5 Å². The lowest BCUT2D eigenvalue weighted by atomic mass is 9.77. The number of benzene rings is 1. The second-order valence-electron chi connectivity index (χ2n) is 6.77. The molecule has 128 valence electrons. The van der Waals surface area contributed by atoms with Gasteiger partial charge in [-0.05, 0) is 42.5 Å². The van der Waals surface area contributed by atoms with Gasteiger partial charge in [0.2, 0.25) is 5.91 Å². The van der Waals surface area contributed by atoms with E-state index in [-0.39, 0.29) is 11.3 Å². The molecule has 0 aliphatic carbocycles. The molecule has 1 saturated heterocycles. The Kier molecular flexibility index (Phi) is 5.88. The van der Waals surface area contributed by atoms with Crippen LogP contribution in [0.3, 0.4) is 0 Å². The summed E-state index contributed by atoms with van der Waals surface area (Å²) in [6.45, 7) is 6.20. The Labute approximate surface area is 138 Å². The average molecular weight is 320 g/mol. The standard InChI is InChI=1S/C18H28N2O3/c1-18(2)8-5-9-19-16(18)12-20-17(21)11-13-6-7-14(22-3)15(10-13)23-4/h6-7,10,16,19H,5,8-9,11-12H2,1-4H3,(H,20,21). The molecule has 2 rings (SSSR count). The molecular formula is C18H28N2O3. The van der Waals surface area contributed by atoms with Crippen LogP contribution in [0, 0.1) is 5.41 Å².